The minimum Gasteiger partial charge on any atom is -0.363 e. The molecule has 0 saturated carbocycles. The van der Waals surface area contributed by atoms with Gasteiger partial charge in [-0.1, -0.05) is 6.07 Å². The lowest BCUT2D eigenvalue weighted by molar-refractivity contribution is -0.121. The summed E-state index contributed by atoms with van der Waals surface area (Å²) in [5.41, 5.74) is 0.584. The second-order valence-corrected chi connectivity index (χ2v) is 5.58. The van der Waals surface area contributed by atoms with Gasteiger partial charge in [0.05, 0.1) is 0 Å². The van der Waals surface area contributed by atoms with Crippen LogP contribution in [0.3, 0.4) is 0 Å². The number of amides is 1. The summed E-state index contributed by atoms with van der Waals surface area (Å²) in [5, 5.41) is 10.9. The standard InChI is InChI=1S/C16H21N5O/c1-4-5-9-16(19-20-16)10-8-15(22)18-12-13-6-7-14(17-11-13)21(2)3/h1,6-7,11H,5,8-10,12H2,2-3H3,(H,18,22). The van der Waals surface area contributed by atoms with Crippen LogP contribution >= 0.6 is 0 Å². The molecule has 1 aliphatic heterocycles. The molecule has 0 saturated heterocycles. The molecule has 0 fully saturated rings. The Hall–Kier alpha value is -2.42. The molecule has 0 unspecified atom stereocenters. The molecule has 1 N–H and O–H groups in total. The molecule has 6 nitrogen and oxygen atoms in total. The van der Waals surface area contributed by atoms with E-state index < -0.39 is 5.66 Å². The van der Waals surface area contributed by atoms with E-state index in [1.807, 2.05) is 31.1 Å². The number of nitrogens with zero attached hydrogens (tertiary/aromatic N) is 4. The highest BCUT2D eigenvalue weighted by Gasteiger charge is 2.39. The van der Waals surface area contributed by atoms with Gasteiger partial charge in [0.25, 0.3) is 0 Å². The van der Waals surface area contributed by atoms with Crippen LogP contribution in [0.2, 0.25) is 0 Å². The van der Waals surface area contributed by atoms with E-state index in [9.17, 15) is 4.79 Å². The van der Waals surface area contributed by atoms with E-state index in [2.05, 4.69) is 26.4 Å². The van der Waals surface area contributed by atoms with Crippen LogP contribution in [0.5, 0.6) is 0 Å². The smallest absolute Gasteiger partial charge is 0.220 e. The van der Waals surface area contributed by atoms with E-state index in [0.717, 1.165) is 17.8 Å². The third-order valence-electron chi connectivity index (χ3n) is 3.56. The molecule has 1 aliphatic rings. The fourth-order valence-corrected chi connectivity index (χ4v) is 2.06. The van der Waals surface area contributed by atoms with Gasteiger partial charge in [0, 0.05) is 52.5 Å². The third kappa shape index (κ3) is 4.55. The van der Waals surface area contributed by atoms with Crippen LogP contribution < -0.4 is 10.2 Å². The number of nitrogens with one attached hydrogen (secondary N) is 1. The topological polar surface area (TPSA) is 70.0 Å². The van der Waals surface area contributed by atoms with Gasteiger partial charge < -0.3 is 10.2 Å². The predicted octanol–water partition coefficient (Wildman–Crippen LogP) is 2.12. The first-order valence-electron chi connectivity index (χ1n) is 7.31. The monoisotopic (exact) mass is 299 g/mol. The molecule has 0 radical (unpaired) electrons. The maximum Gasteiger partial charge on any atom is 0.220 e. The average molecular weight is 299 g/mol. The van der Waals surface area contributed by atoms with Crippen molar-refractivity contribution in [3.8, 4) is 12.3 Å². The number of rotatable bonds is 8. The molecule has 2 heterocycles. The quantitative estimate of drug-likeness (QED) is 0.747. The molecule has 6 heteroatoms. The van der Waals surface area contributed by atoms with E-state index in [1.54, 1.807) is 6.20 Å². The molecule has 2 rings (SSSR count). The van der Waals surface area contributed by atoms with E-state index in [-0.39, 0.29) is 5.91 Å². The molecule has 22 heavy (non-hydrogen) atoms. The van der Waals surface area contributed by atoms with E-state index in [1.165, 1.54) is 0 Å². The van der Waals surface area contributed by atoms with Gasteiger partial charge in [-0.25, -0.2) is 4.98 Å². The number of anilines is 1. The van der Waals surface area contributed by atoms with Crippen LogP contribution in [-0.2, 0) is 11.3 Å². The largest absolute Gasteiger partial charge is 0.363 e. The fraction of sp³-hybridized carbons (Fsp3) is 0.500. The van der Waals surface area contributed by atoms with Gasteiger partial charge in [0.1, 0.15) is 5.82 Å². The Bertz CT molecular complexity index is 580. The lowest BCUT2D eigenvalue weighted by Gasteiger charge is -2.12. The van der Waals surface area contributed by atoms with Crippen molar-refractivity contribution in [2.24, 2.45) is 10.2 Å². The zero-order chi connectivity index (χ0) is 16.0. The molecule has 0 aromatic carbocycles. The second kappa shape index (κ2) is 7.03. The van der Waals surface area contributed by atoms with Crippen molar-refractivity contribution >= 4 is 11.7 Å². The number of aromatic nitrogens is 1. The van der Waals surface area contributed by atoms with Gasteiger partial charge in [-0.3, -0.25) is 4.79 Å². The van der Waals surface area contributed by atoms with E-state index in [0.29, 0.717) is 25.8 Å². The molecule has 0 aliphatic carbocycles. The Kier molecular flexibility index (Phi) is 5.10. The minimum atomic E-state index is -0.390. The first-order chi connectivity index (χ1) is 10.5. The number of carbonyl (C=O) groups excluding carboxylic acids is 1. The van der Waals surface area contributed by atoms with Gasteiger partial charge in [0.15, 0.2) is 5.66 Å². The highest BCUT2D eigenvalue weighted by Crippen LogP contribution is 2.37. The minimum absolute atomic E-state index is 0.00549. The molecular formula is C16H21N5O. The van der Waals surface area contributed by atoms with Crippen LogP contribution in [0.1, 0.15) is 31.2 Å². The van der Waals surface area contributed by atoms with E-state index >= 15 is 0 Å². The van der Waals surface area contributed by atoms with Crippen LogP contribution in [0.4, 0.5) is 5.82 Å². The first kappa shape index (κ1) is 16.0. The summed E-state index contributed by atoms with van der Waals surface area (Å²) >= 11 is 0. The van der Waals surface area contributed by atoms with Gasteiger partial charge >= 0.3 is 0 Å². The number of carbonyl (C=O) groups is 1. The number of hydrogen-bond acceptors (Lipinski definition) is 5. The number of hydrogen-bond donors (Lipinski definition) is 1. The SMILES string of the molecule is C#CCCC1(CCC(=O)NCc2ccc(N(C)C)nc2)N=N1. The zero-order valence-corrected chi connectivity index (χ0v) is 13.0. The Morgan fingerprint density at radius 1 is 1.36 bits per heavy atom. The van der Waals surface area contributed by atoms with Crippen molar-refractivity contribution in [2.75, 3.05) is 19.0 Å². The van der Waals surface area contributed by atoms with Gasteiger partial charge in [-0.15, -0.1) is 12.3 Å². The average Bonchev–Trinajstić information content (AvgIpc) is 3.30. The van der Waals surface area contributed by atoms with E-state index in [4.69, 9.17) is 6.42 Å². The maximum atomic E-state index is 11.9. The van der Waals surface area contributed by atoms with Crippen molar-refractivity contribution in [3.05, 3.63) is 23.9 Å². The summed E-state index contributed by atoms with van der Waals surface area (Å²) in [6.07, 6.45) is 9.41. The van der Waals surface area contributed by atoms with Crippen LogP contribution in [0.15, 0.2) is 28.6 Å². The summed E-state index contributed by atoms with van der Waals surface area (Å²) in [6.45, 7) is 0.477. The zero-order valence-electron chi connectivity index (χ0n) is 13.0. The number of terminal acetylenes is 1. The van der Waals surface area contributed by atoms with Gasteiger partial charge in [-0.2, -0.15) is 10.2 Å². The van der Waals surface area contributed by atoms with Crippen LogP contribution in [0.25, 0.3) is 0 Å². The Morgan fingerprint density at radius 2 is 2.14 bits per heavy atom. The molecule has 0 atom stereocenters. The molecule has 0 spiro atoms. The lowest BCUT2D eigenvalue weighted by atomic mass is 10.0. The Morgan fingerprint density at radius 3 is 2.68 bits per heavy atom. The lowest BCUT2D eigenvalue weighted by Crippen LogP contribution is -2.25. The third-order valence-corrected chi connectivity index (χ3v) is 3.56. The summed E-state index contributed by atoms with van der Waals surface area (Å²) in [5.74, 6) is 3.47. The highest BCUT2D eigenvalue weighted by molar-refractivity contribution is 5.76. The summed E-state index contributed by atoms with van der Waals surface area (Å²) in [7, 11) is 3.88. The van der Waals surface area contributed by atoms with Crippen molar-refractivity contribution in [1.29, 1.82) is 0 Å². The van der Waals surface area contributed by atoms with Gasteiger partial charge in [-0.05, 0) is 11.6 Å². The first-order valence-corrected chi connectivity index (χ1v) is 7.31. The fourth-order valence-electron chi connectivity index (χ4n) is 2.06. The number of pyridine rings is 1. The normalized spacial score (nSPS) is 14.2. The Balaban J connectivity index is 1.70. The van der Waals surface area contributed by atoms with Crippen molar-refractivity contribution < 1.29 is 4.79 Å². The summed E-state index contributed by atoms with van der Waals surface area (Å²) in [4.78, 5) is 18.1. The molecule has 116 valence electrons. The van der Waals surface area contributed by atoms with Crippen molar-refractivity contribution in [2.45, 2.75) is 37.9 Å². The van der Waals surface area contributed by atoms with Crippen LogP contribution in [-0.4, -0.2) is 30.6 Å². The molecule has 1 amide bonds. The summed E-state index contributed by atoms with van der Waals surface area (Å²) < 4.78 is 0. The van der Waals surface area contributed by atoms with Crippen molar-refractivity contribution in [3.63, 3.8) is 0 Å². The molecule has 1 aromatic heterocycles. The Labute approximate surface area is 131 Å². The molecular weight excluding hydrogens is 278 g/mol. The van der Waals surface area contributed by atoms with Crippen LogP contribution in [0, 0.1) is 12.3 Å². The van der Waals surface area contributed by atoms with Crippen molar-refractivity contribution in [1.82, 2.24) is 10.3 Å². The highest BCUT2D eigenvalue weighted by atomic mass is 16.1. The second-order valence-electron chi connectivity index (χ2n) is 5.58. The predicted molar refractivity (Wildman–Crippen MR) is 85.3 cm³/mol. The molecule has 0 bridgehead atoms. The molecule has 1 aromatic rings. The van der Waals surface area contributed by atoms with Gasteiger partial charge in [0.2, 0.25) is 5.91 Å². The summed E-state index contributed by atoms with van der Waals surface area (Å²) in [6, 6.07) is 3.89. The maximum absolute atomic E-state index is 11.9.